The molecule has 0 radical (unpaired) electrons. The number of halogens is 1. The summed E-state index contributed by atoms with van der Waals surface area (Å²) in [7, 11) is 0. The van der Waals surface area contributed by atoms with E-state index in [1.165, 1.54) is 25.7 Å². The number of hydrogen-bond acceptors (Lipinski definition) is 3. The Morgan fingerprint density at radius 3 is 2.21 bits per heavy atom. The van der Waals surface area contributed by atoms with Crippen molar-refractivity contribution in [1.82, 2.24) is 4.90 Å². The van der Waals surface area contributed by atoms with Crippen molar-refractivity contribution in [3.05, 3.63) is 35.9 Å². The van der Waals surface area contributed by atoms with Crippen LogP contribution in [0.4, 0.5) is 0 Å². The molecule has 1 aliphatic heterocycles. The van der Waals surface area contributed by atoms with E-state index in [2.05, 4.69) is 0 Å². The van der Waals surface area contributed by atoms with Crippen molar-refractivity contribution < 1.29 is 9.53 Å². The Balaban J connectivity index is 0.00000208. The number of carbonyl (C=O) groups excluding carboxylic acids is 1. The third kappa shape index (κ3) is 4.29. The minimum atomic E-state index is -0.958. The zero-order valence-electron chi connectivity index (χ0n) is 14.4. The van der Waals surface area contributed by atoms with Crippen molar-refractivity contribution in [2.45, 2.75) is 63.2 Å². The zero-order chi connectivity index (χ0) is 16.3. The van der Waals surface area contributed by atoms with Crippen LogP contribution in [0.2, 0.25) is 0 Å². The summed E-state index contributed by atoms with van der Waals surface area (Å²) < 4.78 is 6.18. The highest BCUT2D eigenvalue weighted by atomic mass is 35.5. The van der Waals surface area contributed by atoms with Crippen LogP contribution in [-0.2, 0) is 15.1 Å². The lowest BCUT2D eigenvalue weighted by Gasteiger charge is -2.37. The molecule has 1 amide bonds. The number of likely N-dealkylation sites (tertiary alicyclic amines) is 1. The van der Waals surface area contributed by atoms with E-state index in [1.54, 1.807) is 0 Å². The number of hydrogen-bond donors (Lipinski definition) is 1. The zero-order valence-corrected chi connectivity index (χ0v) is 15.3. The maximum atomic E-state index is 12.8. The van der Waals surface area contributed by atoms with E-state index in [0.29, 0.717) is 12.2 Å². The molecule has 1 saturated heterocycles. The number of benzene rings is 1. The second-order valence-corrected chi connectivity index (χ2v) is 7.10. The lowest BCUT2D eigenvalue weighted by atomic mass is 9.90. The van der Waals surface area contributed by atoms with Crippen LogP contribution in [0.15, 0.2) is 30.3 Å². The second kappa shape index (κ2) is 8.32. The van der Waals surface area contributed by atoms with E-state index >= 15 is 0 Å². The number of nitrogens with zero attached hydrogens (tertiary/aromatic N) is 1. The third-order valence-electron chi connectivity index (χ3n) is 5.23. The molecule has 1 saturated carbocycles. The van der Waals surface area contributed by atoms with Crippen molar-refractivity contribution in [1.29, 1.82) is 0 Å². The Labute approximate surface area is 151 Å². The van der Waals surface area contributed by atoms with Gasteiger partial charge in [-0.2, -0.15) is 0 Å². The summed E-state index contributed by atoms with van der Waals surface area (Å²) in [6.45, 7) is 3.30. The maximum Gasteiger partial charge on any atom is 0.246 e. The molecule has 0 spiro atoms. The van der Waals surface area contributed by atoms with E-state index in [-0.39, 0.29) is 18.3 Å². The Hall–Kier alpha value is -1.10. The van der Waals surface area contributed by atoms with Crippen LogP contribution >= 0.6 is 12.4 Å². The minimum Gasteiger partial charge on any atom is -0.375 e. The van der Waals surface area contributed by atoms with Gasteiger partial charge in [-0.3, -0.25) is 4.79 Å². The van der Waals surface area contributed by atoms with Crippen molar-refractivity contribution >= 4 is 18.3 Å². The summed E-state index contributed by atoms with van der Waals surface area (Å²) >= 11 is 0. The highest BCUT2D eigenvalue weighted by molar-refractivity contribution is 5.87. The Bertz CT molecular complexity index is 521. The summed E-state index contributed by atoms with van der Waals surface area (Å²) in [5.74, 6) is 0.0167. The van der Waals surface area contributed by atoms with Gasteiger partial charge in [0.05, 0.1) is 12.2 Å². The predicted octanol–water partition coefficient (Wildman–Crippen LogP) is 3.23. The molecule has 3 rings (SSSR count). The molecule has 24 heavy (non-hydrogen) atoms. The summed E-state index contributed by atoms with van der Waals surface area (Å²) in [6.07, 6.45) is 7.60. The van der Waals surface area contributed by atoms with Gasteiger partial charge < -0.3 is 15.4 Å². The van der Waals surface area contributed by atoms with Gasteiger partial charge in [0, 0.05) is 13.1 Å². The molecule has 0 bridgehead atoms. The first-order chi connectivity index (χ1) is 11.1. The normalized spacial score (nSPS) is 22.0. The van der Waals surface area contributed by atoms with Crippen LogP contribution in [0.1, 0.15) is 51.0 Å². The first-order valence-corrected chi connectivity index (χ1v) is 8.86. The van der Waals surface area contributed by atoms with Crippen molar-refractivity contribution in [2.24, 2.45) is 5.73 Å². The summed E-state index contributed by atoms with van der Waals surface area (Å²) in [6, 6.07) is 9.64. The van der Waals surface area contributed by atoms with Gasteiger partial charge in [-0.25, -0.2) is 0 Å². The van der Waals surface area contributed by atoms with Crippen LogP contribution in [0, 0.1) is 0 Å². The summed E-state index contributed by atoms with van der Waals surface area (Å²) in [5, 5.41) is 0. The average Bonchev–Trinajstić information content (AvgIpc) is 3.09. The van der Waals surface area contributed by atoms with Crippen molar-refractivity contribution in [3.63, 3.8) is 0 Å². The largest absolute Gasteiger partial charge is 0.375 e. The van der Waals surface area contributed by atoms with E-state index < -0.39 is 5.54 Å². The van der Waals surface area contributed by atoms with Gasteiger partial charge in [-0.05, 0) is 38.2 Å². The van der Waals surface area contributed by atoms with Gasteiger partial charge in [0.1, 0.15) is 5.54 Å². The topological polar surface area (TPSA) is 55.6 Å². The van der Waals surface area contributed by atoms with Crippen LogP contribution < -0.4 is 5.73 Å². The number of carbonyl (C=O) groups is 1. The molecular weight excluding hydrogens is 324 g/mol. The van der Waals surface area contributed by atoms with Gasteiger partial charge in [-0.1, -0.05) is 43.2 Å². The molecule has 5 heteroatoms. The van der Waals surface area contributed by atoms with Crippen LogP contribution in [0.5, 0.6) is 0 Å². The van der Waals surface area contributed by atoms with Gasteiger partial charge in [0.2, 0.25) is 5.91 Å². The molecule has 1 atom stereocenters. The maximum absolute atomic E-state index is 12.8. The fraction of sp³-hybridized carbons (Fsp3) is 0.632. The van der Waals surface area contributed by atoms with E-state index in [4.69, 9.17) is 10.5 Å². The SMILES string of the molecule is CC(N)(C(=O)N1CCC(OC2CCCC2)CC1)c1ccccc1.Cl. The molecule has 1 aromatic carbocycles. The Morgan fingerprint density at radius 1 is 1.08 bits per heavy atom. The second-order valence-electron chi connectivity index (χ2n) is 7.10. The monoisotopic (exact) mass is 352 g/mol. The standard InChI is InChI=1S/C19H28N2O2.ClH/c1-19(20,15-7-3-2-4-8-15)18(22)21-13-11-17(12-14-21)23-16-9-5-6-10-16;/h2-4,7-8,16-17H,5-6,9-14,20H2,1H3;1H. The van der Waals surface area contributed by atoms with Gasteiger partial charge in [0.25, 0.3) is 0 Å². The number of piperidine rings is 1. The number of nitrogens with two attached hydrogens (primary N) is 1. The Kier molecular flexibility index (Phi) is 6.67. The van der Waals surface area contributed by atoms with Gasteiger partial charge in [-0.15, -0.1) is 12.4 Å². The van der Waals surface area contributed by atoms with E-state index in [1.807, 2.05) is 42.2 Å². The number of ether oxygens (including phenoxy) is 1. The van der Waals surface area contributed by atoms with Crippen molar-refractivity contribution in [2.75, 3.05) is 13.1 Å². The average molecular weight is 353 g/mol. The predicted molar refractivity (Wildman–Crippen MR) is 98.2 cm³/mol. The fourth-order valence-corrected chi connectivity index (χ4v) is 3.73. The molecule has 1 aliphatic carbocycles. The van der Waals surface area contributed by atoms with Gasteiger partial charge >= 0.3 is 0 Å². The first kappa shape index (κ1) is 19.2. The van der Waals surface area contributed by atoms with Crippen LogP contribution in [0.3, 0.4) is 0 Å². The summed E-state index contributed by atoms with van der Waals surface area (Å²) in [4.78, 5) is 14.7. The van der Waals surface area contributed by atoms with E-state index in [9.17, 15) is 4.79 Å². The first-order valence-electron chi connectivity index (χ1n) is 8.86. The molecule has 1 unspecified atom stereocenters. The van der Waals surface area contributed by atoms with Crippen LogP contribution in [-0.4, -0.2) is 36.1 Å². The van der Waals surface area contributed by atoms with Gasteiger partial charge in [0.15, 0.2) is 0 Å². The third-order valence-corrected chi connectivity index (χ3v) is 5.23. The molecule has 0 aromatic heterocycles. The highest BCUT2D eigenvalue weighted by Gasteiger charge is 2.36. The summed E-state index contributed by atoms with van der Waals surface area (Å²) in [5.41, 5.74) is 6.27. The quantitative estimate of drug-likeness (QED) is 0.905. The molecule has 1 aromatic rings. The molecule has 1 heterocycles. The molecule has 2 aliphatic rings. The molecule has 2 N–H and O–H groups in total. The molecular formula is C19H29ClN2O2. The molecule has 4 nitrogen and oxygen atoms in total. The smallest absolute Gasteiger partial charge is 0.246 e. The minimum absolute atomic E-state index is 0. The Morgan fingerprint density at radius 2 is 1.62 bits per heavy atom. The number of rotatable bonds is 4. The lowest BCUT2D eigenvalue weighted by Crippen LogP contribution is -2.53. The molecule has 134 valence electrons. The lowest BCUT2D eigenvalue weighted by molar-refractivity contribution is -0.140. The van der Waals surface area contributed by atoms with E-state index in [0.717, 1.165) is 31.5 Å². The number of amides is 1. The fourth-order valence-electron chi connectivity index (χ4n) is 3.73. The van der Waals surface area contributed by atoms with Crippen LogP contribution in [0.25, 0.3) is 0 Å². The molecule has 2 fully saturated rings. The van der Waals surface area contributed by atoms with Crippen molar-refractivity contribution in [3.8, 4) is 0 Å². The highest BCUT2D eigenvalue weighted by Crippen LogP contribution is 2.27.